The van der Waals surface area contributed by atoms with Crippen LogP contribution in [-0.2, 0) is 11.3 Å². The van der Waals surface area contributed by atoms with Gasteiger partial charge in [0.05, 0.1) is 22.8 Å². The van der Waals surface area contributed by atoms with Gasteiger partial charge in [-0.1, -0.05) is 36.4 Å². The summed E-state index contributed by atoms with van der Waals surface area (Å²) in [5.41, 5.74) is 8.60. The van der Waals surface area contributed by atoms with E-state index in [-0.39, 0.29) is 6.61 Å². The molecule has 0 saturated carbocycles. The Balaban J connectivity index is 1.62. The summed E-state index contributed by atoms with van der Waals surface area (Å²) in [6, 6.07) is 16.6. The van der Waals surface area contributed by atoms with Gasteiger partial charge in [0.2, 0.25) is 0 Å². The van der Waals surface area contributed by atoms with Crippen LogP contribution in [0.1, 0.15) is 21.7 Å². The van der Waals surface area contributed by atoms with Gasteiger partial charge in [-0.15, -0.1) is 0 Å². The molecule has 0 spiro atoms. The number of benzene rings is 2. The highest BCUT2D eigenvalue weighted by molar-refractivity contribution is 5.90. The second kappa shape index (κ2) is 6.87. The molecule has 0 aliphatic heterocycles. The van der Waals surface area contributed by atoms with Crippen molar-refractivity contribution in [1.82, 2.24) is 19.7 Å². The molecule has 27 heavy (non-hydrogen) atoms. The molecule has 0 bridgehead atoms. The first-order valence-electron chi connectivity index (χ1n) is 8.41. The molecule has 134 valence electrons. The Morgan fingerprint density at radius 3 is 2.74 bits per heavy atom. The normalized spacial score (nSPS) is 10.9. The number of rotatable bonds is 4. The molecule has 0 atom stereocenters. The number of hydrogen-bond donors (Lipinski definition) is 1. The van der Waals surface area contributed by atoms with Crippen molar-refractivity contribution in [3.05, 3.63) is 77.7 Å². The summed E-state index contributed by atoms with van der Waals surface area (Å²) in [6.45, 7) is 1.99. The number of hydrogen-bond acceptors (Lipinski definition) is 6. The summed E-state index contributed by atoms with van der Waals surface area (Å²) in [7, 11) is 0. The smallest absolute Gasteiger partial charge is 0.338 e. The van der Waals surface area contributed by atoms with E-state index in [1.54, 1.807) is 36.0 Å². The molecule has 0 radical (unpaired) electrons. The van der Waals surface area contributed by atoms with E-state index < -0.39 is 5.97 Å². The van der Waals surface area contributed by atoms with Gasteiger partial charge < -0.3 is 10.5 Å². The number of aromatic nitrogens is 4. The topological polar surface area (TPSA) is 95.9 Å². The first-order valence-corrected chi connectivity index (χ1v) is 8.41. The molecule has 0 aliphatic rings. The van der Waals surface area contributed by atoms with Gasteiger partial charge in [-0.25, -0.2) is 19.4 Å². The summed E-state index contributed by atoms with van der Waals surface area (Å²) in [4.78, 5) is 21.0. The number of esters is 1. The number of nitrogens with zero attached hydrogens (tertiary/aromatic N) is 4. The van der Waals surface area contributed by atoms with Gasteiger partial charge in [0, 0.05) is 0 Å². The van der Waals surface area contributed by atoms with Crippen LogP contribution < -0.4 is 5.73 Å². The van der Waals surface area contributed by atoms with E-state index in [2.05, 4.69) is 15.1 Å². The zero-order valence-corrected chi connectivity index (χ0v) is 14.7. The number of fused-ring (bicyclic) bond motifs is 1. The second-order valence-corrected chi connectivity index (χ2v) is 6.06. The Morgan fingerprint density at radius 2 is 1.93 bits per heavy atom. The molecular weight excluding hydrogens is 342 g/mol. The summed E-state index contributed by atoms with van der Waals surface area (Å²) < 4.78 is 7.03. The van der Waals surface area contributed by atoms with E-state index in [1.807, 2.05) is 36.4 Å². The minimum absolute atomic E-state index is 0.220. The van der Waals surface area contributed by atoms with Crippen LogP contribution in [0, 0.1) is 6.92 Å². The lowest BCUT2D eigenvalue weighted by atomic mass is 10.2. The zero-order valence-electron chi connectivity index (χ0n) is 14.7. The maximum absolute atomic E-state index is 12.4. The minimum Gasteiger partial charge on any atom is -0.457 e. The van der Waals surface area contributed by atoms with Gasteiger partial charge in [-0.3, -0.25) is 0 Å². The first-order chi connectivity index (χ1) is 13.1. The van der Waals surface area contributed by atoms with Crippen LogP contribution in [0.25, 0.3) is 16.7 Å². The average Bonchev–Trinajstić information content (AvgIpc) is 3.11. The maximum Gasteiger partial charge on any atom is 0.338 e. The van der Waals surface area contributed by atoms with Crippen molar-refractivity contribution in [3.8, 4) is 5.69 Å². The molecule has 4 rings (SSSR count). The Kier molecular flexibility index (Phi) is 4.25. The molecule has 0 saturated heterocycles. The van der Waals surface area contributed by atoms with Crippen molar-refractivity contribution in [2.24, 2.45) is 0 Å². The van der Waals surface area contributed by atoms with Gasteiger partial charge >= 0.3 is 5.97 Å². The van der Waals surface area contributed by atoms with E-state index in [1.165, 1.54) is 0 Å². The third-order valence-electron chi connectivity index (χ3n) is 4.11. The van der Waals surface area contributed by atoms with Gasteiger partial charge in [-0.2, -0.15) is 5.10 Å². The summed E-state index contributed by atoms with van der Waals surface area (Å²) >= 11 is 0. The highest BCUT2D eigenvalue weighted by Gasteiger charge is 2.13. The minimum atomic E-state index is -0.400. The average molecular weight is 359 g/mol. The Hall–Kier alpha value is -3.74. The fraction of sp³-hybridized carbons (Fsp3) is 0.100. The van der Waals surface area contributed by atoms with E-state index in [0.29, 0.717) is 33.9 Å². The third kappa shape index (κ3) is 3.35. The van der Waals surface area contributed by atoms with Crippen LogP contribution in [0.2, 0.25) is 0 Å². The summed E-state index contributed by atoms with van der Waals surface area (Å²) in [6.07, 6.45) is 1.62. The molecule has 2 N–H and O–H groups in total. The number of aryl methyl sites for hydroxylation is 1. The van der Waals surface area contributed by atoms with E-state index in [4.69, 9.17) is 10.5 Å². The lowest BCUT2D eigenvalue weighted by Crippen LogP contribution is -2.07. The summed E-state index contributed by atoms with van der Waals surface area (Å²) in [5, 5.41) is 5.01. The molecule has 7 nitrogen and oxygen atoms in total. The Bertz CT molecular complexity index is 1120. The van der Waals surface area contributed by atoms with Gasteiger partial charge in [0.1, 0.15) is 18.2 Å². The van der Waals surface area contributed by atoms with E-state index in [9.17, 15) is 4.79 Å². The fourth-order valence-electron chi connectivity index (χ4n) is 2.80. The predicted molar refractivity (Wildman–Crippen MR) is 101 cm³/mol. The zero-order chi connectivity index (χ0) is 18.8. The number of ether oxygens (including phenoxy) is 1. The van der Waals surface area contributed by atoms with Crippen LogP contribution in [-0.4, -0.2) is 25.7 Å². The molecule has 0 fully saturated rings. The highest BCUT2D eigenvalue weighted by Crippen LogP contribution is 2.21. The van der Waals surface area contributed by atoms with Gasteiger partial charge in [-0.05, 0) is 30.7 Å². The molecule has 2 aromatic carbocycles. The Labute approximate surface area is 155 Å². The number of nitrogen functional groups attached to an aromatic ring is 1. The summed E-state index contributed by atoms with van der Waals surface area (Å²) in [5.74, 6) is 0.532. The second-order valence-electron chi connectivity index (χ2n) is 6.06. The van der Waals surface area contributed by atoms with Crippen LogP contribution in [0.4, 0.5) is 5.82 Å². The van der Waals surface area contributed by atoms with Crippen LogP contribution in [0.3, 0.4) is 0 Å². The van der Waals surface area contributed by atoms with Crippen molar-refractivity contribution in [1.29, 1.82) is 0 Å². The van der Waals surface area contributed by atoms with Crippen LogP contribution >= 0.6 is 0 Å². The van der Waals surface area contributed by atoms with E-state index >= 15 is 0 Å². The van der Waals surface area contributed by atoms with Crippen molar-refractivity contribution in [2.45, 2.75) is 13.5 Å². The number of nitrogens with two attached hydrogens (primary N) is 1. The molecule has 2 aromatic heterocycles. The van der Waals surface area contributed by atoms with Gasteiger partial charge in [0.25, 0.3) is 0 Å². The number of carbonyl (C=O) groups is 1. The molecule has 0 aliphatic carbocycles. The SMILES string of the molecule is Cc1nc(N)c2cnn(-c3cccc(C(=O)OCc4ccccc4)c3)c2n1. The maximum atomic E-state index is 12.4. The lowest BCUT2D eigenvalue weighted by Gasteiger charge is -2.08. The van der Waals surface area contributed by atoms with Crippen LogP contribution in [0.5, 0.6) is 0 Å². The first kappa shape index (κ1) is 16.7. The molecular formula is C20H17N5O2. The predicted octanol–water partition coefficient (Wildman–Crippen LogP) is 3.06. The number of anilines is 1. The van der Waals surface area contributed by atoms with Crippen molar-refractivity contribution < 1.29 is 9.53 Å². The fourth-order valence-corrected chi connectivity index (χ4v) is 2.80. The Morgan fingerprint density at radius 1 is 1.11 bits per heavy atom. The molecule has 7 heteroatoms. The molecule has 0 unspecified atom stereocenters. The standard InChI is InChI=1S/C20H17N5O2/c1-13-23-18(21)17-11-22-25(19(17)24-13)16-9-5-8-15(10-16)20(26)27-12-14-6-3-2-4-7-14/h2-11H,12H2,1H3,(H2,21,23,24). The largest absolute Gasteiger partial charge is 0.457 e. The van der Waals surface area contributed by atoms with Crippen LogP contribution in [0.15, 0.2) is 60.8 Å². The van der Waals surface area contributed by atoms with E-state index in [0.717, 1.165) is 5.56 Å². The quantitative estimate of drug-likeness (QED) is 0.563. The lowest BCUT2D eigenvalue weighted by molar-refractivity contribution is 0.0472. The monoisotopic (exact) mass is 359 g/mol. The molecule has 2 heterocycles. The third-order valence-corrected chi connectivity index (χ3v) is 4.11. The molecule has 4 aromatic rings. The van der Waals surface area contributed by atoms with Crippen molar-refractivity contribution >= 4 is 22.8 Å². The number of carbonyl (C=O) groups excluding carboxylic acids is 1. The van der Waals surface area contributed by atoms with Crippen molar-refractivity contribution in [2.75, 3.05) is 5.73 Å². The molecule has 0 amide bonds. The van der Waals surface area contributed by atoms with Gasteiger partial charge in [0.15, 0.2) is 5.65 Å². The highest BCUT2D eigenvalue weighted by atomic mass is 16.5. The van der Waals surface area contributed by atoms with Crippen molar-refractivity contribution in [3.63, 3.8) is 0 Å².